The second-order valence-electron chi connectivity index (χ2n) is 2.11. The predicted octanol–water partition coefficient (Wildman–Crippen LogP) is 3.86. The van der Waals surface area contributed by atoms with Gasteiger partial charge in [-0.25, -0.2) is 0 Å². The first-order chi connectivity index (χ1) is 5.33. The number of hydrogen-bond donors (Lipinski definition) is 0. The van der Waals surface area contributed by atoms with E-state index in [1.165, 1.54) is 5.56 Å². The van der Waals surface area contributed by atoms with Crippen molar-refractivity contribution in [3.05, 3.63) is 40.4 Å². The summed E-state index contributed by atoms with van der Waals surface area (Å²) in [6, 6.07) is 8.20. The molecule has 0 bridgehead atoms. The lowest BCUT2D eigenvalue weighted by molar-refractivity contribution is 1.60. The van der Waals surface area contributed by atoms with E-state index in [-0.39, 0.29) is 0 Å². The van der Waals surface area contributed by atoms with Crippen LogP contribution in [-0.4, -0.2) is 5.33 Å². The average molecular weight is 276 g/mol. The van der Waals surface area contributed by atoms with Crippen molar-refractivity contribution in [2.45, 2.75) is 0 Å². The molecule has 58 valence electrons. The quantitative estimate of drug-likeness (QED) is 0.719. The first kappa shape index (κ1) is 9.01. The third kappa shape index (κ3) is 3.21. The van der Waals surface area contributed by atoms with Gasteiger partial charge in [-0.05, 0) is 17.7 Å². The number of allylic oxidation sites excluding steroid dienone is 1. The molecule has 2 heteroatoms. The Morgan fingerprint density at radius 1 is 1.36 bits per heavy atom. The Kier molecular flexibility index (Phi) is 3.87. The molecule has 0 nitrogen and oxygen atoms in total. The Bertz CT molecular complexity index is 253. The van der Waals surface area contributed by atoms with Crippen LogP contribution in [0.5, 0.6) is 0 Å². The molecule has 0 aromatic heterocycles. The van der Waals surface area contributed by atoms with E-state index in [0.717, 1.165) is 9.80 Å². The van der Waals surface area contributed by atoms with E-state index < -0.39 is 0 Å². The van der Waals surface area contributed by atoms with Gasteiger partial charge in [0.2, 0.25) is 0 Å². The highest BCUT2D eigenvalue weighted by Crippen LogP contribution is 2.12. The van der Waals surface area contributed by atoms with E-state index in [0.29, 0.717) is 0 Å². The lowest BCUT2D eigenvalue weighted by atomic mass is 10.2. The molecule has 0 heterocycles. The summed E-state index contributed by atoms with van der Waals surface area (Å²) in [6.45, 7) is 0. The van der Waals surface area contributed by atoms with Gasteiger partial charge in [0.1, 0.15) is 0 Å². The van der Waals surface area contributed by atoms with Crippen molar-refractivity contribution < 1.29 is 0 Å². The fraction of sp³-hybridized carbons (Fsp3) is 0.111. The van der Waals surface area contributed by atoms with Gasteiger partial charge in [-0.3, -0.25) is 0 Å². The number of benzene rings is 1. The molecule has 0 radical (unpaired) electrons. The van der Waals surface area contributed by atoms with Crippen molar-refractivity contribution >= 4 is 37.9 Å². The van der Waals surface area contributed by atoms with E-state index in [4.69, 9.17) is 0 Å². The Labute approximate surface area is 83.6 Å². The van der Waals surface area contributed by atoms with Gasteiger partial charge in [0, 0.05) is 9.80 Å². The van der Waals surface area contributed by atoms with Crippen molar-refractivity contribution in [3.8, 4) is 0 Å². The molecule has 0 amide bonds. The van der Waals surface area contributed by atoms with Crippen LogP contribution in [0.25, 0.3) is 6.08 Å². The van der Waals surface area contributed by atoms with E-state index in [2.05, 4.69) is 56.1 Å². The normalized spacial score (nSPS) is 10.7. The molecular formula is C9H8Br2. The number of rotatable bonds is 2. The van der Waals surface area contributed by atoms with Gasteiger partial charge in [0.15, 0.2) is 0 Å². The van der Waals surface area contributed by atoms with Crippen LogP contribution in [0.2, 0.25) is 0 Å². The van der Waals surface area contributed by atoms with Crippen LogP contribution < -0.4 is 0 Å². The smallest absolute Gasteiger partial charge is 0.0215 e. The predicted molar refractivity (Wildman–Crippen MR) is 57.0 cm³/mol. The Hall–Kier alpha value is -0.0800. The van der Waals surface area contributed by atoms with Crippen LogP contribution >= 0.6 is 31.9 Å². The van der Waals surface area contributed by atoms with Gasteiger partial charge >= 0.3 is 0 Å². The minimum absolute atomic E-state index is 0.902. The lowest BCUT2D eigenvalue weighted by Crippen LogP contribution is -1.70. The highest BCUT2D eigenvalue weighted by molar-refractivity contribution is 9.10. The summed E-state index contributed by atoms with van der Waals surface area (Å²) in [5.74, 6) is 0. The zero-order valence-electron chi connectivity index (χ0n) is 5.93. The highest BCUT2D eigenvalue weighted by Gasteiger charge is 1.86. The first-order valence-electron chi connectivity index (χ1n) is 3.31. The average Bonchev–Trinajstić information content (AvgIpc) is 2.01. The second-order valence-corrected chi connectivity index (χ2v) is 3.67. The Balaban J connectivity index is 2.79. The molecule has 0 N–H and O–H groups in total. The molecule has 0 saturated carbocycles. The molecule has 0 spiro atoms. The largest absolute Gasteiger partial charge is 0.0883 e. The van der Waals surface area contributed by atoms with Crippen molar-refractivity contribution in [1.29, 1.82) is 0 Å². The van der Waals surface area contributed by atoms with Gasteiger partial charge < -0.3 is 0 Å². The summed E-state index contributed by atoms with van der Waals surface area (Å²) in [6.07, 6.45) is 4.15. The maximum Gasteiger partial charge on any atom is 0.0215 e. The SMILES string of the molecule is BrCC=Cc1cccc(Br)c1. The third-order valence-corrected chi connectivity index (χ3v) is 2.12. The standard InChI is InChI=1S/C9H8Br2/c10-6-2-4-8-3-1-5-9(11)7-8/h1-5,7H,6H2. The molecule has 1 aromatic carbocycles. The minimum atomic E-state index is 0.902. The van der Waals surface area contributed by atoms with Crippen molar-refractivity contribution in [1.82, 2.24) is 0 Å². The molecular weight excluding hydrogens is 268 g/mol. The summed E-state index contributed by atoms with van der Waals surface area (Å²) in [5, 5.41) is 0.902. The zero-order valence-corrected chi connectivity index (χ0v) is 9.10. The maximum atomic E-state index is 3.41. The molecule has 0 aliphatic carbocycles. The highest BCUT2D eigenvalue weighted by atomic mass is 79.9. The van der Waals surface area contributed by atoms with Gasteiger partial charge in [0.05, 0.1) is 0 Å². The van der Waals surface area contributed by atoms with Crippen LogP contribution in [0.4, 0.5) is 0 Å². The summed E-state index contributed by atoms with van der Waals surface area (Å²) < 4.78 is 1.12. The van der Waals surface area contributed by atoms with Crippen LogP contribution in [0.15, 0.2) is 34.8 Å². The van der Waals surface area contributed by atoms with Crippen LogP contribution in [0.1, 0.15) is 5.56 Å². The van der Waals surface area contributed by atoms with Crippen LogP contribution in [-0.2, 0) is 0 Å². The monoisotopic (exact) mass is 274 g/mol. The fourth-order valence-electron chi connectivity index (χ4n) is 0.791. The Morgan fingerprint density at radius 3 is 2.82 bits per heavy atom. The topological polar surface area (TPSA) is 0 Å². The molecule has 0 atom stereocenters. The summed E-state index contributed by atoms with van der Waals surface area (Å²) >= 11 is 6.74. The van der Waals surface area contributed by atoms with E-state index >= 15 is 0 Å². The first-order valence-corrected chi connectivity index (χ1v) is 5.22. The number of alkyl halides is 1. The van der Waals surface area contributed by atoms with Crippen molar-refractivity contribution in [2.24, 2.45) is 0 Å². The van der Waals surface area contributed by atoms with Crippen LogP contribution in [0, 0.1) is 0 Å². The number of hydrogen-bond acceptors (Lipinski definition) is 0. The molecule has 0 aliphatic rings. The van der Waals surface area contributed by atoms with Crippen molar-refractivity contribution in [3.63, 3.8) is 0 Å². The van der Waals surface area contributed by atoms with Gasteiger partial charge in [-0.1, -0.05) is 56.1 Å². The second kappa shape index (κ2) is 4.73. The zero-order chi connectivity index (χ0) is 8.10. The van der Waals surface area contributed by atoms with Gasteiger partial charge in [-0.2, -0.15) is 0 Å². The summed E-state index contributed by atoms with van der Waals surface area (Å²) in [4.78, 5) is 0. The van der Waals surface area contributed by atoms with Crippen LogP contribution in [0.3, 0.4) is 0 Å². The molecule has 1 aromatic rings. The van der Waals surface area contributed by atoms with Crippen molar-refractivity contribution in [2.75, 3.05) is 5.33 Å². The number of halogens is 2. The van der Waals surface area contributed by atoms with E-state index in [9.17, 15) is 0 Å². The molecule has 0 unspecified atom stereocenters. The summed E-state index contributed by atoms with van der Waals surface area (Å²) in [7, 11) is 0. The molecule has 0 fully saturated rings. The van der Waals surface area contributed by atoms with E-state index in [1.807, 2.05) is 12.1 Å². The molecule has 11 heavy (non-hydrogen) atoms. The minimum Gasteiger partial charge on any atom is -0.0883 e. The third-order valence-electron chi connectivity index (χ3n) is 1.25. The summed E-state index contributed by atoms with van der Waals surface area (Å²) in [5.41, 5.74) is 1.22. The van der Waals surface area contributed by atoms with E-state index in [1.54, 1.807) is 0 Å². The maximum absolute atomic E-state index is 3.41. The lowest BCUT2D eigenvalue weighted by Gasteiger charge is -1.92. The fourth-order valence-corrected chi connectivity index (χ4v) is 1.39. The van der Waals surface area contributed by atoms with Gasteiger partial charge in [0.25, 0.3) is 0 Å². The van der Waals surface area contributed by atoms with Gasteiger partial charge in [-0.15, -0.1) is 0 Å². The Morgan fingerprint density at radius 2 is 2.18 bits per heavy atom. The molecule has 0 saturated heterocycles. The molecule has 1 rings (SSSR count). The molecule has 0 aliphatic heterocycles.